The highest BCUT2D eigenvalue weighted by Gasteiger charge is 2.24. The normalized spacial score (nSPS) is 14.6. The Morgan fingerprint density at radius 1 is 1.24 bits per heavy atom. The van der Waals surface area contributed by atoms with Gasteiger partial charge in [0.1, 0.15) is 5.82 Å². The molecule has 6 nitrogen and oxygen atoms in total. The molecule has 0 unspecified atom stereocenters. The van der Waals surface area contributed by atoms with Gasteiger partial charge in [0.2, 0.25) is 5.91 Å². The zero-order chi connectivity index (χ0) is 17.8. The summed E-state index contributed by atoms with van der Waals surface area (Å²) in [4.78, 5) is 27.0. The number of nitro groups is 1. The van der Waals surface area contributed by atoms with Crippen LogP contribution in [-0.4, -0.2) is 47.7 Å². The number of nitrogens with zero attached hydrogens (tertiary/aromatic N) is 3. The van der Waals surface area contributed by atoms with E-state index in [4.69, 9.17) is 0 Å². The molecule has 3 rings (SSSR count). The fourth-order valence-electron chi connectivity index (χ4n) is 2.67. The first-order valence-electron chi connectivity index (χ1n) is 7.68. The van der Waals surface area contributed by atoms with Gasteiger partial charge in [-0.2, -0.15) is 0 Å². The van der Waals surface area contributed by atoms with Crippen LogP contribution in [0.1, 0.15) is 0 Å². The summed E-state index contributed by atoms with van der Waals surface area (Å²) in [5.74, 6) is -0.154. The zero-order valence-corrected chi connectivity index (χ0v) is 14.9. The van der Waals surface area contributed by atoms with Crippen molar-refractivity contribution >= 4 is 39.7 Å². The Hall–Kier alpha value is -2.13. The Morgan fingerprint density at radius 2 is 1.96 bits per heavy atom. The van der Waals surface area contributed by atoms with E-state index in [1.165, 1.54) is 17.8 Å². The standard InChI is InChI=1S/C16H16FN3O3S2/c17-12-3-1-2-4-13(12)18-6-8-19(9-7-18)15(21)11-25-14-5-10-24-16(14)20(22)23/h1-5,10H,6-9,11H2. The molecule has 132 valence electrons. The topological polar surface area (TPSA) is 66.7 Å². The summed E-state index contributed by atoms with van der Waals surface area (Å²) in [6.45, 7) is 2.16. The summed E-state index contributed by atoms with van der Waals surface area (Å²) < 4.78 is 13.8. The Bertz CT molecular complexity index is 775. The van der Waals surface area contributed by atoms with Gasteiger partial charge < -0.3 is 9.80 Å². The molecule has 1 aromatic carbocycles. The second kappa shape index (κ2) is 7.83. The predicted octanol–water partition coefficient (Wildman–Crippen LogP) is 3.24. The molecule has 1 saturated heterocycles. The number of amides is 1. The van der Waals surface area contributed by atoms with Gasteiger partial charge in [0, 0.05) is 26.2 Å². The monoisotopic (exact) mass is 381 g/mol. The van der Waals surface area contributed by atoms with Crippen molar-refractivity contribution in [3.8, 4) is 0 Å². The summed E-state index contributed by atoms with van der Waals surface area (Å²) in [5, 5.41) is 12.6. The van der Waals surface area contributed by atoms with Crippen LogP contribution in [0.3, 0.4) is 0 Å². The predicted molar refractivity (Wildman–Crippen MR) is 96.9 cm³/mol. The van der Waals surface area contributed by atoms with Crippen LogP contribution < -0.4 is 4.90 Å². The Morgan fingerprint density at radius 3 is 2.64 bits per heavy atom. The lowest BCUT2D eigenvalue weighted by atomic mass is 10.2. The van der Waals surface area contributed by atoms with Crippen LogP contribution >= 0.6 is 23.1 Å². The molecule has 0 N–H and O–H groups in total. The van der Waals surface area contributed by atoms with E-state index in [1.807, 2.05) is 4.90 Å². The molecule has 25 heavy (non-hydrogen) atoms. The number of piperazine rings is 1. The van der Waals surface area contributed by atoms with Crippen LogP contribution in [0.5, 0.6) is 0 Å². The number of halogens is 1. The van der Waals surface area contributed by atoms with E-state index in [0.29, 0.717) is 36.8 Å². The van der Waals surface area contributed by atoms with Crippen molar-refractivity contribution in [3.63, 3.8) is 0 Å². The first-order chi connectivity index (χ1) is 12.1. The third-order valence-electron chi connectivity index (χ3n) is 3.95. The molecule has 0 saturated carbocycles. The fourth-order valence-corrected chi connectivity index (χ4v) is 4.50. The smallest absolute Gasteiger partial charge is 0.337 e. The van der Waals surface area contributed by atoms with Crippen LogP contribution in [0.25, 0.3) is 0 Å². The van der Waals surface area contributed by atoms with E-state index >= 15 is 0 Å². The van der Waals surface area contributed by atoms with Crippen molar-refractivity contribution < 1.29 is 14.1 Å². The van der Waals surface area contributed by atoms with Gasteiger partial charge in [-0.25, -0.2) is 4.39 Å². The van der Waals surface area contributed by atoms with Crippen LogP contribution in [-0.2, 0) is 4.79 Å². The molecule has 1 aliphatic heterocycles. The quantitative estimate of drug-likeness (QED) is 0.452. The van der Waals surface area contributed by atoms with Crippen molar-refractivity contribution in [1.82, 2.24) is 4.90 Å². The molecule has 0 bridgehead atoms. The van der Waals surface area contributed by atoms with E-state index in [2.05, 4.69) is 0 Å². The number of carbonyl (C=O) groups is 1. The number of thioether (sulfide) groups is 1. The van der Waals surface area contributed by atoms with Crippen LogP contribution in [0.4, 0.5) is 15.1 Å². The van der Waals surface area contributed by atoms with E-state index in [9.17, 15) is 19.3 Å². The maximum Gasteiger partial charge on any atom is 0.337 e. The minimum absolute atomic E-state index is 0.0568. The summed E-state index contributed by atoms with van der Waals surface area (Å²) in [6.07, 6.45) is 0. The lowest BCUT2D eigenvalue weighted by Gasteiger charge is -2.36. The number of thiophene rings is 1. The number of hydrogen-bond donors (Lipinski definition) is 0. The zero-order valence-electron chi connectivity index (χ0n) is 13.3. The van der Waals surface area contributed by atoms with Crippen LogP contribution in [0.15, 0.2) is 40.6 Å². The van der Waals surface area contributed by atoms with Gasteiger partial charge in [-0.1, -0.05) is 23.5 Å². The summed E-state index contributed by atoms with van der Waals surface area (Å²) in [6, 6.07) is 8.27. The molecule has 1 amide bonds. The lowest BCUT2D eigenvalue weighted by Crippen LogP contribution is -2.49. The van der Waals surface area contributed by atoms with Crippen molar-refractivity contribution in [3.05, 3.63) is 51.6 Å². The van der Waals surface area contributed by atoms with E-state index in [1.54, 1.807) is 34.5 Å². The third kappa shape index (κ3) is 4.10. The number of benzene rings is 1. The molecule has 9 heteroatoms. The van der Waals surface area contributed by atoms with Gasteiger partial charge in [-0.05, 0) is 23.6 Å². The molecular formula is C16H16FN3O3S2. The summed E-state index contributed by atoms with van der Waals surface area (Å²) in [7, 11) is 0. The second-order valence-electron chi connectivity index (χ2n) is 5.46. The average molecular weight is 381 g/mol. The third-order valence-corrected chi connectivity index (χ3v) is 5.98. The maximum absolute atomic E-state index is 13.8. The second-order valence-corrected chi connectivity index (χ2v) is 7.37. The van der Waals surface area contributed by atoms with Crippen molar-refractivity contribution in [1.29, 1.82) is 0 Å². The fraction of sp³-hybridized carbons (Fsp3) is 0.312. The summed E-state index contributed by atoms with van der Waals surface area (Å²) in [5.41, 5.74) is 0.554. The Labute approximate surface area is 152 Å². The highest BCUT2D eigenvalue weighted by molar-refractivity contribution is 8.00. The Balaban J connectivity index is 1.52. The molecular weight excluding hydrogens is 365 g/mol. The van der Waals surface area contributed by atoms with Gasteiger partial charge in [-0.3, -0.25) is 14.9 Å². The number of anilines is 1. The highest BCUT2D eigenvalue weighted by Crippen LogP contribution is 2.34. The van der Waals surface area contributed by atoms with Crippen molar-refractivity contribution in [2.45, 2.75) is 4.90 Å². The molecule has 1 fully saturated rings. The van der Waals surface area contributed by atoms with E-state index < -0.39 is 4.92 Å². The molecule has 0 aliphatic carbocycles. The van der Waals surface area contributed by atoms with E-state index in [-0.39, 0.29) is 22.5 Å². The minimum Gasteiger partial charge on any atom is -0.366 e. The van der Waals surface area contributed by atoms with E-state index in [0.717, 1.165) is 11.3 Å². The van der Waals surface area contributed by atoms with Gasteiger partial charge >= 0.3 is 5.00 Å². The molecule has 2 aromatic rings. The molecule has 2 heterocycles. The first kappa shape index (κ1) is 17.7. The van der Waals surface area contributed by atoms with Crippen LogP contribution in [0.2, 0.25) is 0 Å². The first-order valence-corrected chi connectivity index (χ1v) is 9.54. The number of hydrogen-bond acceptors (Lipinski definition) is 6. The van der Waals surface area contributed by atoms with Gasteiger partial charge in [0.25, 0.3) is 0 Å². The molecule has 1 aliphatic rings. The molecule has 0 atom stereocenters. The summed E-state index contributed by atoms with van der Waals surface area (Å²) >= 11 is 2.24. The molecule has 0 radical (unpaired) electrons. The minimum atomic E-state index is -0.426. The molecule has 0 spiro atoms. The van der Waals surface area contributed by atoms with Gasteiger partial charge in [-0.15, -0.1) is 11.8 Å². The SMILES string of the molecule is O=C(CSc1ccsc1[N+](=O)[O-])N1CCN(c2ccccc2F)CC1. The number of para-hydroxylation sites is 1. The largest absolute Gasteiger partial charge is 0.366 e. The van der Waals surface area contributed by atoms with Crippen LogP contribution in [0, 0.1) is 15.9 Å². The van der Waals surface area contributed by atoms with Gasteiger partial charge in [0.15, 0.2) is 0 Å². The Kier molecular flexibility index (Phi) is 5.54. The molecule has 1 aromatic heterocycles. The average Bonchev–Trinajstić information content (AvgIpc) is 3.09. The number of carbonyl (C=O) groups excluding carboxylic acids is 1. The van der Waals surface area contributed by atoms with Crippen molar-refractivity contribution in [2.24, 2.45) is 0 Å². The lowest BCUT2D eigenvalue weighted by molar-refractivity contribution is -0.382. The maximum atomic E-state index is 13.8. The highest BCUT2D eigenvalue weighted by atomic mass is 32.2. The van der Waals surface area contributed by atoms with Crippen molar-refractivity contribution in [2.75, 3.05) is 36.8 Å². The number of rotatable bonds is 5. The van der Waals surface area contributed by atoms with Gasteiger partial charge in [0.05, 0.1) is 21.3 Å².